The van der Waals surface area contributed by atoms with Crippen molar-refractivity contribution in [2.45, 2.75) is 32.1 Å². The Kier molecular flexibility index (Phi) is 3.77. The molecule has 3 nitrogen and oxygen atoms in total. The molecule has 1 aromatic rings. The summed E-state index contributed by atoms with van der Waals surface area (Å²) in [6.07, 6.45) is 4.45. The number of aryl methyl sites for hydroxylation is 1. The van der Waals surface area contributed by atoms with Crippen molar-refractivity contribution >= 4 is 5.78 Å². The highest BCUT2D eigenvalue weighted by Crippen LogP contribution is 2.29. The quantitative estimate of drug-likeness (QED) is 0.796. The third-order valence-corrected chi connectivity index (χ3v) is 3.02. The lowest BCUT2D eigenvalue weighted by molar-refractivity contribution is -0.120. The molecule has 0 fully saturated rings. The van der Waals surface area contributed by atoms with E-state index in [1.54, 1.807) is 0 Å². The molecule has 0 amide bonds. The molecule has 1 aliphatic rings. The molecule has 0 atom stereocenters. The Morgan fingerprint density at radius 3 is 3.00 bits per heavy atom. The molecule has 0 spiro atoms. The summed E-state index contributed by atoms with van der Waals surface area (Å²) in [6, 6.07) is 7.83. The number of hydrogen-bond acceptors (Lipinski definition) is 3. The predicted molar refractivity (Wildman–Crippen MR) is 63.8 cm³/mol. The van der Waals surface area contributed by atoms with Crippen LogP contribution in [0.25, 0.3) is 0 Å². The van der Waals surface area contributed by atoms with Crippen molar-refractivity contribution in [2.24, 2.45) is 0 Å². The highest BCUT2D eigenvalue weighted by atomic mass is 16.5. The molecule has 17 heavy (non-hydrogen) atoms. The predicted octanol–water partition coefficient (Wildman–Crippen LogP) is 2.43. The second-order valence-electron chi connectivity index (χ2n) is 4.26. The maximum absolute atomic E-state index is 11.2. The normalized spacial score (nSPS) is 13.6. The Morgan fingerprint density at radius 2 is 2.18 bits per heavy atom. The van der Waals surface area contributed by atoms with Gasteiger partial charge in [-0.05, 0) is 42.9 Å². The van der Waals surface area contributed by atoms with Crippen LogP contribution in [0.3, 0.4) is 0 Å². The number of ether oxygens (including phenoxy) is 1. The van der Waals surface area contributed by atoms with Gasteiger partial charge in [0.05, 0.1) is 12.5 Å². The van der Waals surface area contributed by atoms with Crippen LogP contribution in [-0.4, -0.2) is 12.4 Å². The molecule has 0 unspecified atom stereocenters. The van der Waals surface area contributed by atoms with Crippen LogP contribution in [0.2, 0.25) is 0 Å². The summed E-state index contributed by atoms with van der Waals surface area (Å²) in [6.45, 7) is 0.00398. The molecule has 0 aromatic heterocycles. The smallest absolute Gasteiger partial charge is 0.184 e. The van der Waals surface area contributed by atoms with Crippen molar-refractivity contribution in [3.05, 3.63) is 29.3 Å². The van der Waals surface area contributed by atoms with E-state index in [9.17, 15) is 4.79 Å². The first-order chi connectivity index (χ1) is 8.31. The summed E-state index contributed by atoms with van der Waals surface area (Å²) in [5.41, 5.74) is 2.57. The van der Waals surface area contributed by atoms with E-state index in [2.05, 4.69) is 6.07 Å². The molecule has 0 saturated carbocycles. The van der Waals surface area contributed by atoms with Gasteiger partial charge < -0.3 is 4.74 Å². The van der Waals surface area contributed by atoms with Crippen molar-refractivity contribution in [3.8, 4) is 11.8 Å². The second kappa shape index (κ2) is 5.49. The average Bonchev–Trinajstić information content (AvgIpc) is 2.36. The standard InChI is InChI=1S/C14H15NO2/c15-9-8-12(16)10-17-14-7-3-5-11-4-1-2-6-13(11)14/h3,5,7H,1-2,4,6,8,10H2. The Labute approximate surface area is 101 Å². The van der Waals surface area contributed by atoms with Gasteiger partial charge in [-0.15, -0.1) is 0 Å². The molecular formula is C14H15NO2. The fourth-order valence-electron chi connectivity index (χ4n) is 2.18. The molecule has 0 aliphatic heterocycles. The lowest BCUT2D eigenvalue weighted by Gasteiger charge is -2.19. The zero-order valence-corrected chi connectivity index (χ0v) is 9.74. The average molecular weight is 229 g/mol. The number of Topliss-reactive ketones (excluding diaryl/α,β-unsaturated/α-hetero) is 1. The van der Waals surface area contributed by atoms with Crippen LogP contribution in [0, 0.1) is 11.3 Å². The van der Waals surface area contributed by atoms with Crippen molar-refractivity contribution in [2.75, 3.05) is 6.61 Å². The zero-order valence-electron chi connectivity index (χ0n) is 9.74. The molecule has 0 heterocycles. The van der Waals surface area contributed by atoms with Crippen molar-refractivity contribution in [1.82, 2.24) is 0 Å². The van der Waals surface area contributed by atoms with E-state index in [1.165, 1.54) is 24.0 Å². The van der Waals surface area contributed by atoms with Gasteiger partial charge in [0.1, 0.15) is 12.4 Å². The third kappa shape index (κ3) is 2.85. The van der Waals surface area contributed by atoms with E-state index >= 15 is 0 Å². The van der Waals surface area contributed by atoms with Gasteiger partial charge >= 0.3 is 0 Å². The van der Waals surface area contributed by atoms with E-state index < -0.39 is 0 Å². The van der Waals surface area contributed by atoms with Crippen molar-refractivity contribution < 1.29 is 9.53 Å². The maximum Gasteiger partial charge on any atom is 0.184 e. The van der Waals surface area contributed by atoms with E-state index in [-0.39, 0.29) is 18.8 Å². The summed E-state index contributed by atoms with van der Waals surface area (Å²) in [7, 11) is 0. The molecule has 0 saturated heterocycles. The monoisotopic (exact) mass is 229 g/mol. The number of ketones is 1. The number of nitriles is 1. The highest BCUT2D eigenvalue weighted by molar-refractivity contribution is 5.81. The summed E-state index contributed by atoms with van der Waals surface area (Å²) >= 11 is 0. The lowest BCUT2D eigenvalue weighted by Crippen LogP contribution is -2.13. The van der Waals surface area contributed by atoms with Gasteiger partial charge in [0.15, 0.2) is 5.78 Å². The number of carbonyl (C=O) groups is 1. The Balaban J connectivity index is 2.06. The topological polar surface area (TPSA) is 50.1 Å². The first kappa shape index (κ1) is 11.7. The Bertz CT molecular complexity index is 460. The Morgan fingerprint density at radius 1 is 1.35 bits per heavy atom. The third-order valence-electron chi connectivity index (χ3n) is 3.02. The summed E-state index contributed by atoms with van der Waals surface area (Å²) in [5, 5.41) is 8.40. The van der Waals surface area contributed by atoms with Crippen LogP contribution in [0.5, 0.6) is 5.75 Å². The van der Waals surface area contributed by atoms with Gasteiger partial charge in [-0.2, -0.15) is 5.26 Å². The van der Waals surface area contributed by atoms with Gasteiger partial charge in [-0.1, -0.05) is 12.1 Å². The maximum atomic E-state index is 11.2. The van der Waals surface area contributed by atoms with Gasteiger partial charge in [-0.3, -0.25) is 4.79 Å². The SMILES string of the molecule is N#CCC(=O)COc1cccc2c1CCCC2. The summed E-state index contributed by atoms with van der Waals surface area (Å²) in [5.74, 6) is 0.648. The van der Waals surface area contributed by atoms with Crippen LogP contribution < -0.4 is 4.74 Å². The molecule has 0 bridgehead atoms. The lowest BCUT2D eigenvalue weighted by atomic mass is 9.91. The van der Waals surface area contributed by atoms with Crippen molar-refractivity contribution in [3.63, 3.8) is 0 Å². The van der Waals surface area contributed by atoms with E-state index in [0.29, 0.717) is 0 Å². The molecular weight excluding hydrogens is 214 g/mol. The molecule has 0 N–H and O–H groups in total. The van der Waals surface area contributed by atoms with Gasteiger partial charge in [0.25, 0.3) is 0 Å². The van der Waals surface area contributed by atoms with Gasteiger partial charge in [0, 0.05) is 0 Å². The number of benzene rings is 1. The number of carbonyl (C=O) groups excluding carboxylic acids is 1. The van der Waals surface area contributed by atoms with E-state index in [4.69, 9.17) is 10.00 Å². The largest absolute Gasteiger partial charge is 0.486 e. The molecule has 3 heteroatoms. The molecule has 0 radical (unpaired) electrons. The minimum absolute atomic E-state index is 0.00398. The number of nitrogens with zero attached hydrogens (tertiary/aromatic N) is 1. The van der Waals surface area contributed by atoms with Crippen molar-refractivity contribution in [1.29, 1.82) is 5.26 Å². The molecule has 1 aromatic carbocycles. The van der Waals surface area contributed by atoms with Crippen LogP contribution in [-0.2, 0) is 17.6 Å². The number of fused-ring (bicyclic) bond motifs is 1. The van der Waals surface area contributed by atoms with Crippen LogP contribution in [0.15, 0.2) is 18.2 Å². The summed E-state index contributed by atoms with van der Waals surface area (Å²) < 4.78 is 5.52. The number of hydrogen-bond donors (Lipinski definition) is 0. The van der Waals surface area contributed by atoms with E-state index in [0.717, 1.165) is 18.6 Å². The minimum atomic E-state index is -0.166. The first-order valence-electron chi connectivity index (χ1n) is 5.93. The van der Waals surface area contributed by atoms with Gasteiger partial charge in [0.2, 0.25) is 0 Å². The van der Waals surface area contributed by atoms with Gasteiger partial charge in [-0.25, -0.2) is 0 Å². The summed E-state index contributed by atoms with van der Waals surface area (Å²) in [4.78, 5) is 11.2. The zero-order chi connectivity index (χ0) is 12.1. The molecule has 2 rings (SSSR count). The first-order valence-corrected chi connectivity index (χ1v) is 5.93. The van der Waals surface area contributed by atoms with Crippen LogP contribution in [0.1, 0.15) is 30.4 Å². The Hall–Kier alpha value is -1.82. The molecule has 1 aliphatic carbocycles. The molecule has 88 valence electrons. The second-order valence-corrected chi connectivity index (χ2v) is 4.26. The fraction of sp³-hybridized carbons (Fsp3) is 0.429. The number of rotatable bonds is 4. The minimum Gasteiger partial charge on any atom is -0.486 e. The van der Waals surface area contributed by atoms with E-state index in [1.807, 2.05) is 18.2 Å². The fourth-order valence-corrected chi connectivity index (χ4v) is 2.18. The highest BCUT2D eigenvalue weighted by Gasteiger charge is 2.14. The van der Waals surface area contributed by atoms with Crippen LogP contribution in [0.4, 0.5) is 0 Å². The van der Waals surface area contributed by atoms with Crippen LogP contribution >= 0.6 is 0 Å².